The van der Waals surface area contributed by atoms with Crippen molar-refractivity contribution >= 4 is 17.7 Å². The number of hydrogen-bond donors (Lipinski definition) is 1. The van der Waals surface area contributed by atoms with Gasteiger partial charge in [0, 0.05) is 7.05 Å². The minimum atomic E-state index is 0.408. The van der Waals surface area contributed by atoms with Crippen LogP contribution in [0.5, 0.6) is 0 Å². The minimum absolute atomic E-state index is 0.408. The average Bonchev–Trinajstić information content (AvgIpc) is 3.11. The number of furan rings is 1. The van der Waals surface area contributed by atoms with Crippen LogP contribution in [0.2, 0.25) is 0 Å². The molecule has 0 bridgehead atoms. The Balaban J connectivity index is 1.98. The minimum Gasteiger partial charge on any atom is -0.468 e. The topological polar surface area (TPSA) is 94.6 Å². The molecule has 20 heavy (non-hydrogen) atoms. The van der Waals surface area contributed by atoms with Gasteiger partial charge < -0.3 is 9.73 Å². The van der Waals surface area contributed by atoms with Gasteiger partial charge in [-0.25, -0.2) is 4.98 Å². The average molecular weight is 289 g/mol. The summed E-state index contributed by atoms with van der Waals surface area (Å²) in [7, 11) is 1.75. The lowest BCUT2D eigenvalue weighted by Gasteiger charge is -2.05. The normalized spacial score (nSPS) is 10.7. The molecule has 9 heteroatoms. The van der Waals surface area contributed by atoms with E-state index in [-0.39, 0.29) is 0 Å². The summed E-state index contributed by atoms with van der Waals surface area (Å²) >= 11 is 1.40. The van der Waals surface area contributed by atoms with Crippen molar-refractivity contribution in [3.63, 3.8) is 0 Å². The Morgan fingerprint density at radius 2 is 2.20 bits per heavy atom. The molecule has 1 N–H and O–H groups in total. The number of hydrogen-bond acceptors (Lipinski definition) is 8. The molecule has 8 nitrogen and oxygen atoms in total. The van der Waals surface area contributed by atoms with Crippen LogP contribution < -0.4 is 5.32 Å². The molecule has 0 radical (unpaired) electrons. The first-order valence-electron chi connectivity index (χ1n) is 5.77. The standard InChI is InChI=1S/C11H11N7OS/c1-7-8(3-4-19-7)20-11-16-9(12-2)15-10(17-11)18-6-13-5-14-18/h3-6H,1-2H3,(H,12,15,16,17). The number of nitrogens with one attached hydrogen (secondary N) is 1. The van der Waals surface area contributed by atoms with Gasteiger partial charge in [0.15, 0.2) is 5.16 Å². The van der Waals surface area contributed by atoms with Gasteiger partial charge in [-0.3, -0.25) is 0 Å². The van der Waals surface area contributed by atoms with Crippen molar-refractivity contribution in [2.75, 3.05) is 12.4 Å². The molecule has 0 unspecified atom stereocenters. The first kappa shape index (κ1) is 12.6. The van der Waals surface area contributed by atoms with Crippen LogP contribution in [-0.4, -0.2) is 36.8 Å². The van der Waals surface area contributed by atoms with Gasteiger partial charge in [0.1, 0.15) is 18.4 Å². The highest BCUT2D eigenvalue weighted by molar-refractivity contribution is 7.99. The van der Waals surface area contributed by atoms with Gasteiger partial charge in [0.2, 0.25) is 5.95 Å². The van der Waals surface area contributed by atoms with Crippen molar-refractivity contribution in [3.05, 3.63) is 30.7 Å². The van der Waals surface area contributed by atoms with Crippen LogP contribution in [0.15, 0.2) is 39.5 Å². The van der Waals surface area contributed by atoms with Gasteiger partial charge in [-0.15, -0.1) is 0 Å². The Kier molecular flexibility index (Phi) is 3.33. The molecular formula is C11H11N7OS. The Morgan fingerprint density at radius 3 is 2.85 bits per heavy atom. The maximum atomic E-state index is 5.26. The van der Waals surface area contributed by atoms with Gasteiger partial charge in [0.05, 0.1) is 11.2 Å². The Hall–Kier alpha value is -2.42. The second kappa shape index (κ2) is 5.29. The molecular weight excluding hydrogens is 278 g/mol. The van der Waals surface area contributed by atoms with Crippen LogP contribution in [0.3, 0.4) is 0 Å². The highest BCUT2D eigenvalue weighted by Crippen LogP contribution is 2.29. The second-order valence-electron chi connectivity index (χ2n) is 3.77. The first-order valence-corrected chi connectivity index (χ1v) is 6.58. The van der Waals surface area contributed by atoms with Crippen LogP contribution in [0.4, 0.5) is 5.95 Å². The molecule has 3 aromatic rings. The zero-order valence-corrected chi connectivity index (χ0v) is 11.6. The van der Waals surface area contributed by atoms with Crippen LogP contribution >= 0.6 is 11.8 Å². The van der Waals surface area contributed by atoms with E-state index in [9.17, 15) is 0 Å². The van der Waals surface area contributed by atoms with E-state index in [1.165, 1.54) is 29.1 Å². The van der Waals surface area contributed by atoms with Crippen LogP contribution in [-0.2, 0) is 0 Å². The fraction of sp³-hybridized carbons (Fsp3) is 0.182. The third-order valence-corrected chi connectivity index (χ3v) is 3.47. The summed E-state index contributed by atoms with van der Waals surface area (Å²) in [6.45, 7) is 1.89. The molecule has 0 saturated heterocycles. The summed E-state index contributed by atoms with van der Waals surface area (Å²) in [5.74, 6) is 1.70. The van der Waals surface area contributed by atoms with Gasteiger partial charge in [-0.2, -0.15) is 24.7 Å². The molecule has 0 aliphatic carbocycles. The number of aryl methyl sites for hydroxylation is 1. The van der Waals surface area contributed by atoms with Crippen LogP contribution in [0.25, 0.3) is 5.95 Å². The summed E-state index contributed by atoms with van der Waals surface area (Å²) in [6, 6.07) is 1.87. The lowest BCUT2D eigenvalue weighted by molar-refractivity contribution is 0.527. The molecule has 0 fully saturated rings. The van der Waals surface area contributed by atoms with Gasteiger partial charge in [-0.1, -0.05) is 0 Å². The Labute approximate surface area is 118 Å². The van der Waals surface area contributed by atoms with Crippen molar-refractivity contribution in [3.8, 4) is 5.95 Å². The molecule has 0 spiro atoms. The first-order chi connectivity index (χ1) is 9.76. The Morgan fingerprint density at radius 1 is 1.30 bits per heavy atom. The summed E-state index contributed by atoms with van der Waals surface area (Å²) in [5.41, 5.74) is 0. The molecule has 0 saturated carbocycles. The molecule has 0 atom stereocenters. The van der Waals surface area contributed by atoms with E-state index in [1.807, 2.05) is 13.0 Å². The predicted octanol–water partition coefficient (Wildman–Crippen LogP) is 1.55. The Bertz CT molecular complexity index is 709. The lowest BCUT2D eigenvalue weighted by atomic mass is 10.5. The van der Waals surface area contributed by atoms with E-state index in [0.717, 1.165) is 10.7 Å². The van der Waals surface area contributed by atoms with Crippen molar-refractivity contribution < 1.29 is 4.42 Å². The molecule has 3 aromatic heterocycles. The van der Waals surface area contributed by atoms with Gasteiger partial charge in [0.25, 0.3) is 5.95 Å². The van der Waals surface area contributed by atoms with Crippen LogP contribution in [0.1, 0.15) is 5.76 Å². The monoisotopic (exact) mass is 289 g/mol. The van der Waals surface area contributed by atoms with E-state index in [1.54, 1.807) is 13.3 Å². The highest BCUT2D eigenvalue weighted by atomic mass is 32.2. The smallest absolute Gasteiger partial charge is 0.257 e. The van der Waals surface area contributed by atoms with E-state index >= 15 is 0 Å². The predicted molar refractivity (Wildman–Crippen MR) is 71.9 cm³/mol. The number of anilines is 1. The van der Waals surface area contributed by atoms with Gasteiger partial charge in [-0.05, 0) is 24.8 Å². The van der Waals surface area contributed by atoms with Gasteiger partial charge >= 0.3 is 0 Å². The third-order valence-electron chi connectivity index (χ3n) is 2.46. The largest absolute Gasteiger partial charge is 0.468 e. The fourth-order valence-corrected chi connectivity index (χ4v) is 2.27. The SMILES string of the molecule is CNc1nc(Sc2ccoc2C)nc(-n2cncn2)n1. The summed E-state index contributed by atoms with van der Waals surface area (Å²) in [4.78, 5) is 17.7. The molecule has 102 valence electrons. The van der Waals surface area contributed by atoms with E-state index in [4.69, 9.17) is 4.42 Å². The van der Waals surface area contributed by atoms with Crippen molar-refractivity contribution in [2.24, 2.45) is 0 Å². The van der Waals surface area contributed by atoms with Crippen molar-refractivity contribution in [1.82, 2.24) is 29.7 Å². The van der Waals surface area contributed by atoms with Crippen molar-refractivity contribution in [2.45, 2.75) is 17.0 Å². The van der Waals surface area contributed by atoms with Crippen molar-refractivity contribution in [1.29, 1.82) is 0 Å². The number of aromatic nitrogens is 6. The van der Waals surface area contributed by atoms with E-state index in [2.05, 4.69) is 30.4 Å². The molecule has 3 heterocycles. The quantitative estimate of drug-likeness (QED) is 0.773. The number of nitrogens with zero attached hydrogens (tertiary/aromatic N) is 6. The van der Waals surface area contributed by atoms with E-state index < -0.39 is 0 Å². The lowest BCUT2D eigenvalue weighted by Crippen LogP contribution is -2.07. The maximum Gasteiger partial charge on any atom is 0.257 e. The van der Waals surface area contributed by atoms with Crippen LogP contribution in [0, 0.1) is 6.92 Å². The molecule has 3 rings (SSSR count). The highest BCUT2D eigenvalue weighted by Gasteiger charge is 2.11. The molecule has 0 aliphatic heterocycles. The second-order valence-corrected chi connectivity index (χ2v) is 4.78. The summed E-state index contributed by atoms with van der Waals surface area (Å²) < 4.78 is 6.74. The zero-order valence-electron chi connectivity index (χ0n) is 10.8. The molecule has 0 amide bonds. The zero-order chi connectivity index (χ0) is 13.9. The summed E-state index contributed by atoms with van der Waals surface area (Å²) in [5, 5.41) is 7.47. The molecule has 0 aliphatic rings. The number of rotatable bonds is 4. The summed E-state index contributed by atoms with van der Waals surface area (Å²) in [6.07, 6.45) is 4.60. The maximum absolute atomic E-state index is 5.26. The third kappa shape index (κ3) is 2.48. The molecule has 0 aromatic carbocycles. The fourth-order valence-electron chi connectivity index (χ4n) is 1.49. The van der Waals surface area contributed by atoms with E-state index in [0.29, 0.717) is 17.1 Å².